The van der Waals surface area contributed by atoms with Crippen LogP contribution in [0.2, 0.25) is 0 Å². The van der Waals surface area contributed by atoms with Crippen LogP contribution in [0.3, 0.4) is 0 Å². The normalized spacial score (nSPS) is 24.3. The van der Waals surface area contributed by atoms with Crippen LogP contribution in [0.1, 0.15) is 39.0 Å². The molecule has 23 heavy (non-hydrogen) atoms. The maximum Gasteiger partial charge on any atom is 0.248 e. The smallest absolute Gasteiger partial charge is 0.248 e. The summed E-state index contributed by atoms with van der Waals surface area (Å²) in [7, 11) is 1.54. The molecule has 2 amide bonds. The highest BCUT2D eigenvalue weighted by atomic mass is 16.5. The fourth-order valence-corrected chi connectivity index (χ4v) is 3.60. The highest BCUT2D eigenvalue weighted by molar-refractivity contribution is 5.78. The van der Waals surface area contributed by atoms with Gasteiger partial charge < -0.3 is 20.3 Å². The fraction of sp³-hybridized carbons (Fsp3) is 0.882. The number of amides is 2. The van der Waals surface area contributed by atoms with Gasteiger partial charge in [0.05, 0.1) is 0 Å². The van der Waals surface area contributed by atoms with Crippen LogP contribution in [0.25, 0.3) is 0 Å². The molecule has 2 aliphatic rings. The Kier molecular flexibility index (Phi) is 7.30. The molecule has 2 fully saturated rings. The van der Waals surface area contributed by atoms with Gasteiger partial charge in [0.15, 0.2) is 0 Å². The average Bonchev–Trinajstić information content (AvgIpc) is 2.56. The highest BCUT2D eigenvalue weighted by Gasteiger charge is 2.26. The fourth-order valence-electron chi connectivity index (χ4n) is 3.60. The average molecular weight is 325 g/mol. The van der Waals surface area contributed by atoms with Crippen molar-refractivity contribution in [3.05, 3.63) is 0 Å². The molecule has 0 aliphatic carbocycles. The molecule has 2 rings (SSSR count). The van der Waals surface area contributed by atoms with Crippen LogP contribution in [0.15, 0.2) is 0 Å². The summed E-state index contributed by atoms with van der Waals surface area (Å²) in [6.45, 7) is 5.88. The zero-order valence-corrected chi connectivity index (χ0v) is 14.5. The minimum atomic E-state index is 0.0377. The van der Waals surface area contributed by atoms with E-state index < -0.39 is 0 Å². The van der Waals surface area contributed by atoms with Gasteiger partial charge in [0.2, 0.25) is 11.8 Å². The van der Waals surface area contributed by atoms with E-state index in [0.29, 0.717) is 31.3 Å². The highest BCUT2D eigenvalue weighted by Crippen LogP contribution is 2.22. The monoisotopic (exact) mass is 325 g/mol. The maximum atomic E-state index is 12.3. The van der Waals surface area contributed by atoms with Crippen molar-refractivity contribution in [1.29, 1.82) is 0 Å². The molecule has 0 radical (unpaired) electrons. The van der Waals surface area contributed by atoms with Crippen LogP contribution in [-0.4, -0.2) is 62.7 Å². The first kappa shape index (κ1) is 18.2. The predicted octanol–water partition coefficient (Wildman–Crippen LogP) is 0.766. The molecule has 132 valence electrons. The van der Waals surface area contributed by atoms with Gasteiger partial charge >= 0.3 is 0 Å². The lowest BCUT2D eigenvalue weighted by molar-refractivity contribution is -0.136. The summed E-state index contributed by atoms with van der Waals surface area (Å²) in [6, 6.07) is 0.200. The number of ether oxygens (including phenoxy) is 1. The zero-order chi connectivity index (χ0) is 16.7. The van der Waals surface area contributed by atoms with Crippen molar-refractivity contribution < 1.29 is 14.3 Å². The Morgan fingerprint density at radius 3 is 2.65 bits per heavy atom. The first-order chi connectivity index (χ1) is 11.1. The van der Waals surface area contributed by atoms with E-state index in [2.05, 4.69) is 17.6 Å². The number of methoxy groups -OCH3 is 1. The number of carbonyl (C=O) groups excluding carboxylic acids is 2. The van der Waals surface area contributed by atoms with Crippen molar-refractivity contribution in [2.24, 2.45) is 11.8 Å². The molecular weight excluding hydrogens is 294 g/mol. The van der Waals surface area contributed by atoms with Crippen molar-refractivity contribution in [3.8, 4) is 0 Å². The molecular formula is C17H31N3O3. The SMILES string of the molecule is COCC(=O)N1CCC(NC(=O)CC(C)C2CCCNC2)CC1. The molecule has 2 unspecified atom stereocenters. The van der Waals surface area contributed by atoms with E-state index in [0.717, 1.165) is 25.9 Å². The third-order valence-electron chi connectivity index (χ3n) is 5.13. The number of nitrogens with zero attached hydrogens (tertiary/aromatic N) is 1. The minimum Gasteiger partial charge on any atom is -0.375 e. The van der Waals surface area contributed by atoms with E-state index in [4.69, 9.17) is 4.74 Å². The van der Waals surface area contributed by atoms with Crippen molar-refractivity contribution in [2.45, 2.75) is 45.1 Å². The topological polar surface area (TPSA) is 70.7 Å². The Hall–Kier alpha value is -1.14. The van der Waals surface area contributed by atoms with Crippen LogP contribution < -0.4 is 10.6 Å². The van der Waals surface area contributed by atoms with E-state index in [1.807, 2.05) is 4.90 Å². The van der Waals surface area contributed by atoms with Gasteiger partial charge in [-0.25, -0.2) is 0 Å². The van der Waals surface area contributed by atoms with Crippen LogP contribution >= 0.6 is 0 Å². The molecule has 6 nitrogen and oxygen atoms in total. The second kappa shape index (κ2) is 9.23. The van der Waals surface area contributed by atoms with Crippen LogP contribution in [-0.2, 0) is 14.3 Å². The number of likely N-dealkylation sites (tertiary alicyclic amines) is 1. The van der Waals surface area contributed by atoms with E-state index in [9.17, 15) is 9.59 Å². The molecule has 0 aromatic rings. The lowest BCUT2D eigenvalue weighted by Gasteiger charge is -2.33. The molecule has 6 heteroatoms. The van der Waals surface area contributed by atoms with Crippen LogP contribution in [0.4, 0.5) is 0 Å². The van der Waals surface area contributed by atoms with Gasteiger partial charge in [0.1, 0.15) is 6.61 Å². The summed E-state index contributed by atoms with van der Waals surface area (Å²) < 4.78 is 4.88. The summed E-state index contributed by atoms with van der Waals surface area (Å²) in [5.74, 6) is 1.23. The van der Waals surface area contributed by atoms with Gasteiger partial charge in [0, 0.05) is 32.7 Å². The van der Waals surface area contributed by atoms with E-state index >= 15 is 0 Å². The number of hydrogen-bond acceptors (Lipinski definition) is 4. The van der Waals surface area contributed by atoms with Gasteiger partial charge in [-0.05, 0) is 50.6 Å². The largest absolute Gasteiger partial charge is 0.375 e. The Balaban J connectivity index is 1.67. The van der Waals surface area contributed by atoms with Crippen LogP contribution in [0.5, 0.6) is 0 Å². The Labute approximate surface area is 139 Å². The molecule has 0 saturated carbocycles. The summed E-state index contributed by atoms with van der Waals surface area (Å²) >= 11 is 0. The predicted molar refractivity (Wildman–Crippen MR) is 89.0 cm³/mol. The van der Waals surface area contributed by atoms with E-state index in [-0.39, 0.29) is 24.5 Å². The van der Waals surface area contributed by atoms with Crippen molar-refractivity contribution in [2.75, 3.05) is 39.9 Å². The van der Waals surface area contributed by atoms with Gasteiger partial charge in [-0.1, -0.05) is 6.92 Å². The number of carbonyl (C=O) groups is 2. The quantitative estimate of drug-likeness (QED) is 0.757. The van der Waals surface area contributed by atoms with E-state index in [1.165, 1.54) is 20.0 Å². The molecule has 2 atom stereocenters. The van der Waals surface area contributed by atoms with Gasteiger partial charge in [-0.2, -0.15) is 0 Å². The molecule has 2 aliphatic heterocycles. The minimum absolute atomic E-state index is 0.0377. The molecule has 2 saturated heterocycles. The lowest BCUT2D eigenvalue weighted by Crippen LogP contribution is -2.47. The Bertz CT molecular complexity index is 389. The Morgan fingerprint density at radius 1 is 1.30 bits per heavy atom. The summed E-state index contributed by atoms with van der Waals surface area (Å²) in [5, 5.41) is 6.57. The maximum absolute atomic E-state index is 12.3. The van der Waals surface area contributed by atoms with Gasteiger partial charge in [-0.3, -0.25) is 9.59 Å². The second-order valence-corrected chi connectivity index (χ2v) is 6.94. The van der Waals surface area contributed by atoms with Crippen molar-refractivity contribution in [1.82, 2.24) is 15.5 Å². The lowest BCUT2D eigenvalue weighted by atomic mass is 9.85. The zero-order valence-electron chi connectivity index (χ0n) is 14.5. The first-order valence-electron chi connectivity index (χ1n) is 8.87. The van der Waals surface area contributed by atoms with Crippen molar-refractivity contribution in [3.63, 3.8) is 0 Å². The second-order valence-electron chi connectivity index (χ2n) is 6.94. The number of piperidine rings is 2. The summed E-state index contributed by atoms with van der Waals surface area (Å²) in [5.41, 5.74) is 0. The van der Waals surface area contributed by atoms with E-state index in [1.54, 1.807) is 0 Å². The number of nitrogens with one attached hydrogen (secondary N) is 2. The Morgan fingerprint density at radius 2 is 2.04 bits per heavy atom. The van der Waals surface area contributed by atoms with Gasteiger partial charge in [-0.15, -0.1) is 0 Å². The number of hydrogen-bond donors (Lipinski definition) is 2. The van der Waals surface area contributed by atoms with Crippen molar-refractivity contribution >= 4 is 11.8 Å². The third-order valence-corrected chi connectivity index (χ3v) is 5.13. The van der Waals surface area contributed by atoms with Gasteiger partial charge in [0.25, 0.3) is 0 Å². The molecule has 0 spiro atoms. The third kappa shape index (κ3) is 5.77. The van der Waals surface area contributed by atoms with Crippen LogP contribution in [0, 0.1) is 11.8 Å². The first-order valence-corrected chi connectivity index (χ1v) is 8.87. The molecule has 2 heterocycles. The molecule has 0 aromatic heterocycles. The molecule has 0 bridgehead atoms. The molecule has 0 aromatic carbocycles. The summed E-state index contributed by atoms with van der Waals surface area (Å²) in [6.07, 6.45) is 4.71. The number of rotatable bonds is 6. The molecule has 2 N–H and O–H groups in total. The summed E-state index contributed by atoms with van der Waals surface area (Å²) in [4.78, 5) is 25.8. The standard InChI is InChI=1S/C17H31N3O3/c1-13(14-4-3-7-18-11-14)10-16(21)19-15-5-8-20(9-6-15)17(22)12-23-2/h13-15,18H,3-12H2,1-2H3,(H,19,21).